The minimum atomic E-state index is 0. The molecular weight excluding hydrogens is 482 g/mol. The van der Waals surface area contributed by atoms with Gasteiger partial charge in [-0.25, -0.2) is 0 Å². The molecule has 0 amide bonds. The number of nitrogens with zero attached hydrogens (tertiary/aromatic N) is 1. The fourth-order valence-electron chi connectivity index (χ4n) is 5.92. The third-order valence-electron chi connectivity index (χ3n) is 7.45. The van der Waals surface area contributed by atoms with Crippen molar-refractivity contribution in [3.8, 4) is 23.0 Å². The number of ether oxygens (including phenoxy) is 4. The van der Waals surface area contributed by atoms with Crippen molar-refractivity contribution in [2.75, 3.05) is 27.6 Å². The number of fused-ring (bicyclic) bond motifs is 5. The summed E-state index contributed by atoms with van der Waals surface area (Å²) in [6.07, 6.45) is 1.99. The third-order valence-corrected chi connectivity index (χ3v) is 7.45. The molecule has 0 spiro atoms. The van der Waals surface area contributed by atoms with Gasteiger partial charge in [-0.2, -0.15) is 0 Å². The van der Waals surface area contributed by atoms with Gasteiger partial charge in [0.05, 0.1) is 26.3 Å². The Morgan fingerprint density at radius 1 is 0.939 bits per heavy atom. The molecule has 2 atom stereocenters. The zero-order valence-corrected chi connectivity index (χ0v) is 20.6. The molecule has 0 aliphatic carbocycles. The van der Waals surface area contributed by atoms with Gasteiger partial charge in [0.1, 0.15) is 19.1 Å². The molecule has 3 aromatic carbocycles. The topological polar surface area (TPSA) is 36.9 Å². The van der Waals surface area contributed by atoms with Crippen LogP contribution < -0.4 is 35.9 Å². The number of halogens is 1. The number of hydrogen-bond donors (Lipinski definition) is 0. The van der Waals surface area contributed by atoms with Gasteiger partial charge in [-0.1, -0.05) is 36.4 Å². The first-order valence-electron chi connectivity index (χ1n) is 11.3. The van der Waals surface area contributed by atoms with E-state index in [2.05, 4.69) is 48.5 Å². The summed E-state index contributed by atoms with van der Waals surface area (Å²) in [5.41, 5.74) is 6.79. The maximum absolute atomic E-state index is 5.87. The highest BCUT2D eigenvalue weighted by atomic mass is 79.9. The molecule has 0 fully saturated rings. The number of rotatable bonds is 4. The van der Waals surface area contributed by atoms with Crippen LogP contribution in [0.15, 0.2) is 54.6 Å². The van der Waals surface area contributed by atoms with E-state index in [1.807, 2.05) is 6.07 Å². The molecule has 0 unspecified atom stereocenters. The van der Waals surface area contributed by atoms with Crippen molar-refractivity contribution in [3.63, 3.8) is 0 Å². The van der Waals surface area contributed by atoms with E-state index >= 15 is 0 Å². The normalized spacial score (nSPS) is 21.8. The molecular formula is C27H28BrNO4. The van der Waals surface area contributed by atoms with Crippen LogP contribution in [0.4, 0.5) is 0 Å². The molecule has 0 N–H and O–H groups in total. The smallest absolute Gasteiger partial charge is 0.231 e. The summed E-state index contributed by atoms with van der Waals surface area (Å²) in [5.74, 6) is 3.45. The zero-order chi connectivity index (χ0) is 21.7. The van der Waals surface area contributed by atoms with E-state index in [1.54, 1.807) is 14.2 Å². The zero-order valence-electron chi connectivity index (χ0n) is 19.0. The molecule has 3 aliphatic rings. The Labute approximate surface area is 205 Å². The van der Waals surface area contributed by atoms with Gasteiger partial charge in [-0.3, -0.25) is 0 Å². The molecule has 0 bridgehead atoms. The predicted octanol–water partition coefficient (Wildman–Crippen LogP) is 1.81. The Bertz CT molecular complexity index is 1180. The quantitative estimate of drug-likeness (QED) is 0.502. The van der Waals surface area contributed by atoms with Crippen molar-refractivity contribution in [3.05, 3.63) is 82.4 Å². The molecule has 6 heteroatoms. The second kappa shape index (κ2) is 8.58. The molecule has 33 heavy (non-hydrogen) atoms. The average Bonchev–Trinajstić information content (AvgIpc) is 3.29. The summed E-state index contributed by atoms with van der Waals surface area (Å²) in [4.78, 5) is 0. The molecule has 172 valence electrons. The third kappa shape index (κ3) is 3.56. The number of benzene rings is 3. The van der Waals surface area contributed by atoms with Crippen molar-refractivity contribution in [1.29, 1.82) is 0 Å². The second-order valence-electron chi connectivity index (χ2n) is 9.06. The average molecular weight is 510 g/mol. The first-order valence-corrected chi connectivity index (χ1v) is 11.3. The lowest BCUT2D eigenvalue weighted by molar-refractivity contribution is -0.985. The summed E-state index contributed by atoms with van der Waals surface area (Å²) < 4.78 is 23.9. The maximum atomic E-state index is 5.87. The lowest BCUT2D eigenvalue weighted by atomic mass is 9.80. The lowest BCUT2D eigenvalue weighted by Gasteiger charge is -2.51. The van der Waals surface area contributed by atoms with Crippen LogP contribution in [0.2, 0.25) is 0 Å². The summed E-state index contributed by atoms with van der Waals surface area (Å²) in [7, 11) is 3.46. The van der Waals surface area contributed by atoms with Gasteiger partial charge in [0.25, 0.3) is 0 Å². The van der Waals surface area contributed by atoms with E-state index < -0.39 is 0 Å². The van der Waals surface area contributed by atoms with Gasteiger partial charge >= 0.3 is 0 Å². The molecule has 0 radical (unpaired) electrons. The molecule has 5 nitrogen and oxygen atoms in total. The van der Waals surface area contributed by atoms with Crippen LogP contribution in [-0.2, 0) is 25.9 Å². The lowest BCUT2D eigenvalue weighted by Crippen LogP contribution is -3.00. The number of methoxy groups -OCH3 is 2. The van der Waals surface area contributed by atoms with Crippen LogP contribution in [0, 0.1) is 0 Å². The van der Waals surface area contributed by atoms with Crippen LogP contribution in [0.5, 0.6) is 23.0 Å². The van der Waals surface area contributed by atoms with Crippen LogP contribution in [0.1, 0.15) is 33.9 Å². The molecule has 0 aromatic heterocycles. The Hall–Kier alpha value is -2.70. The van der Waals surface area contributed by atoms with Gasteiger partial charge in [-0.15, -0.1) is 0 Å². The van der Waals surface area contributed by atoms with Crippen molar-refractivity contribution in [2.24, 2.45) is 0 Å². The largest absolute Gasteiger partial charge is 1.00 e. The summed E-state index contributed by atoms with van der Waals surface area (Å²) in [6.45, 7) is 3.29. The van der Waals surface area contributed by atoms with Gasteiger partial charge in [0, 0.05) is 24.0 Å². The first kappa shape index (κ1) is 22.1. The van der Waals surface area contributed by atoms with Crippen LogP contribution in [-0.4, -0.2) is 32.0 Å². The van der Waals surface area contributed by atoms with Gasteiger partial charge in [0.15, 0.2) is 23.0 Å². The fourth-order valence-corrected chi connectivity index (χ4v) is 5.92. The summed E-state index contributed by atoms with van der Waals surface area (Å²) >= 11 is 0. The number of hydrogen-bond acceptors (Lipinski definition) is 4. The van der Waals surface area contributed by atoms with Gasteiger partial charge in [-0.05, 0) is 29.3 Å². The molecule has 0 saturated heterocycles. The van der Waals surface area contributed by atoms with Crippen LogP contribution in [0.3, 0.4) is 0 Å². The molecule has 3 aromatic rings. The second-order valence-corrected chi connectivity index (χ2v) is 9.06. The van der Waals surface area contributed by atoms with E-state index in [0.717, 1.165) is 60.0 Å². The summed E-state index contributed by atoms with van der Waals surface area (Å²) in [5, 5.41) is 0. The predicted molar refractivity (Wildman–Crippen MR) is 121 cm³/mol. The van der Waals surface area contributed by atoms with Crippen LogP contribution in [0.25, 0.3) is 0 Å². The van der Waals surface area contributed by atoms with Crippen molar-refractivity contribution >= 4 is 0 Å². The Balaban J connectivity index is 0.00000228. The standard InChI is InChI=1S/C27H28NO4.BrH/c1-29-24-9-8-19-12-23-21-14-26-25(31-17-32-26)13-20(21)10-11-28(23,16-22(19)27(24)30-2)15-18-6-4-3-5-7-18;/h3-9,13-14,23H,10-12,15-17H2,1-2H3;1H/q+1;/p-1/t23-,28+;/m0./s1. The molecule has 3 aliphatic heterocycles. The molecule has 6 rings (SSSR count). The van der Waals surface area contributed by atoms with E-state index in [4.69, 9.17) is 18.9 Å². The molecule has 3 heterocycles. The van der Waals surface area contributed by atoms with Gasteiger partial charge in [0.2, 0.25) is 6.79 Å². The van der Waals surface area contributed by atoms with E-state index in [1.165, 1.54) is 27.8 Å². The maximum Gasteiger partial charge on any atom is 0.231 e. The highest BCUT2D eigenvalue weighted by Gasteiger charge is 2.47. The highest BCUT2D eigenvalue weighted by Crippen LogP contribution is 2.51. The van der Waals surface area contributed by atoms with E-state index in [-0.39, 0.29) is 17.0 Å². The first-order chi connectivity index (χ1) is 15.7. The SMILES string of the molecule is COc1ccc2c(c1OC)C[N@+]1(Cc3ccccc3)CCc3cc4c(cc3[C@@H]1C2)OCO4.[Br-]. The van der Waals surface area contributed by atoms with Crippen molar-refractivity contribution < 1.29 is 40.4 Å². The Kier molecular flexibility index (Phi) is 5.75. The summed E-state index contributed by atoms with van der Waals surface area (Å²) in [6, 6.07) is 19.9. The minimum Gasteiger partial charge on any atom is -1.00 e. The molecule has 0 saturated carbocycles. The van der Waals surface area contributed by atoms with Crippen molar-refractivity contribution in [2.45, 2.75) is 32.0 Å². The highest BCUT2D eigenvalue weighted by molar-refractivity contribution is 5.54. The number of quaternary nitrogens is 1. The van der Waals surface area contributed by atoms with E-state index in [9.17, 15) is 0 Å². The van der Waals surface area contributed by atoms with E-state index in [0.29, 0.717) is 12.8 Å². The Morgan fingerprint density at radius 2 is 1.73 bits per heavy atom. The fraction of sp³-hybridized carbons (Fsp3) is 0.333. The van der Waals surface area contributed by atoms with Crippen molar-refractivity contribution in [1.82, 2.24) is 0 Å². The van der Waals surface area contributed by atoms with Gasteiger partial charge < -0.3 is 40.4 Å². The van der Waals surface area contributed by atoms with Crippen LogP contribution >= 0.6 is 0 Å². The minimum absolute atomic E-state index is 0. The monoisotopic (exact) mass is 509 g/mol. The Morgan fingerprint density at radius 3 is 2.48 bits per heavy atom.